The molecule has 0 amide bonds. The Morgan fingerprint density at radius 1 is 1.18 bits per heavy atom. The Morgan fingerprint density at radius 3 is 2.53 bits per heavy atom. The number of ketones is 1. The summed E-state index contributed by atoms with van der Waals surface area (Å²) in [6.07, 6.45) is 3.05. The first kappa shape index (κ1) is 11.3. The van der Waals surface area contributed by atoms with Gasteiger partial charge >= 0.3 is 0 Å². The number of halogens is 1. The van der Waals surface area contributed by atoms with Crippen molar-refractivity contribution in [3.63, 3.8) is 0 Å². The molecule has 0 saturated heterocycles. The van der Waals surface area contributed by atoms with Crippen LogP contribution in [0.3, 0.4) is 0 Å². The summed E-state index contributed by atoms with van der Waals surface area (Å²) in [6, 6.07) is 8.29. The third-order valence-electron chi connectivity index (χ3n) is 2.33. The summed E-state index contributed by atoms with van der Waals surface area (Å²) in [6.45, 7) is 0.0870. The molecular weight excluding hydrogens is 221 g/mol. The molecule has 17 heavy (non-hydrogen) atoms. The van der Waals surface area contributed by atoms with Gasteiger partial charge in [-0.2, -0.15) is 0 Å². The Hall–Kier alpha value is -2.23. The van der Waals surface area contributed by atoms with Gasteiger partial charge in [0.15, 0.2) is 11.2 Å². The van der Waals surface area contributed by atoms with Crippen LogP contribution in [0, 0.1) is 5.82 Å². The summed E-state index contributed by atoms with van der Waals surface area (Å²) >= 11 is 0. The van der Waals surface area contributed by atoms with E-state index in [4.69, 9.17) is 0 Å². The molecule has 1 aromatic heterocycles. The maximum Gasteiger partial charge on any atom is 0.182 e. The van der Waals surface area contributed by atoms with Crippen LogP contribution in [0.25, 0.3) is 0 Å². The van der Waals surface area contributed by atoms with Gasteiger partial charge in [-0.25, -0.2) is 4.39 Å². The molecule has 0 fully saturated rings. The van der Waals surface area contributed by atoms with E-state index in [9.17, 15) is 14.0 Å². The van der Waals surface area contributed by atoms with E-state index in [0.717, 1.165) is 0 Å². The van der Waals surface area contributed by atoms with Crippen LogP contribution >= 0.6 is 0 Å². The van der Waals surface area contributed by atoms with Crippen LogP contribution in [-0.2, 0) is 6.54 Å². The number of rotatable bonds is 3. The lowest BCUT2D eigenvalue weighted by molar-refractivity contribution is 0.0971. The van der Waals surface area contributed by atoms with Crippen molar-refractivity contribution in [2.45, 2.75) is 6.54 Å². The average Bonchev–Trinajstić information content (AvgIpc) is 2.32. The van der Waals surface area contributed by atoms with Gasteiger partial charge in [0, 0.05) is 30.1 Å². The van der Waals surface area contributed by atoms with Crippen LogP contribution in [0.5, 0.6) is 0 Å². The second-order valence-electron chi connectivity index (χ2n) is 3.64. The second-order valence-corrected chi connectivity index (χ2v) is 3.64. The maximum atomic E-state index is 12.9. The lowest BCUT2D eigenvalue weighted by Gasteiger charge is -2.04. The van der Waals surface area contributed by atoms with Crippen molar-refractivity contribution >= 4 is 5.78 Å². The van der Waals surface area contributed by atoms with Crippen molar-refractivity contribution in [3.05, 3.63) is 70.4 Å². The van der Waals surface area contributed by atoms with Crippen LogP contribution in [0.1, 0.15) is 10.4 Å². The molecule has 2 rings (SSSR count). The first-order valence-corrected chi connectivity index (χ1v) is 5.10. The molecule has 1 aromatic carbocycles. The molecule has 0 spiro atoms. The van der Waals surface area contributed by atoms with Gasteiger partial charge in [-0.3, -0.25) is 9.59 Å². The molecule has 1 heterocycles. The van der Waals surface area contributed by atoms with E-state index in [1.807, 2.05) is 0 Å². The van der Waals surface area contributed by atoms with Gasteiger partial charge in [0.05, 0.1) is 6.54 Å². The number of aromatic nitrogens is 1. The first-order chi connectivity index (χ1) is 8.15. The molecule has 0 aliphatic carbocycles. The van der Waals surface area contributed by atoms with Crippen LogP contribution in [0.15, 0.2) is 53.6 Å². The summed E-state index contributed by atoms with van der Waals surface area (Å²) in [4.78, 5) is 22.7. The lowest BCUT2D eigenvalue weighted by Crippen LogP contribution is -2.12. The largest absolute Gasteiger partial charge is 0.346 e. The normalized spacial score (nSPS) is 10.2. The zero-order valence-corrected chi connectivity index (χ0v) is 8.97. The highest BCUT2D eigenvalue weighted by molar-refractivity contribution is 5.95. The molecule has 0 atom stereocenters. The smallest absolute Gasteiger partial charge is 0.182 e. The fraction of sp³-hybridized carbons (Fsp3) is 0.0769. The van der Waals surface area contributed by atoms with E-state index in [-0.39, 0.29) is 17.8 Å². The Balaban J connectivity index is 2.17. The van der Waals surface area contributed by atoms with E-state index < -0.39 is 5.82 Å². The number of carbonyl (C=O) groups excluding carboxylic acids is 1. The summed E-state index contributed by atoms with van der Waals surface area (Å²) in [5, 5.41) is 0. The van der Waals surface area contributed by atoms with Crippen molar-refractivity contribution in [2.75, 3.05) is 0 Å². The molecule has 0 radical (unpaired) electrons. The highest BCUT2D eigenvalue weighted by Crippen LogP contribution is 2.05. The summed E-state index contributed by atoms with van der Waals surface area (Å²) < 4.78 is 14.5. The molecular formula is C13H10FNO2. The highest BCUT2D eigenvalue weighted by Gasteiger charge is 2.06. The minimum absolute atomic E-state index is 0.0870. The highest BCUT2D eigenvalue weighted by atomic mass is 19.1. The van der Waals surface area contributed by atoms with Crippen LogP contribution < -0.4 is 5.43 Å². The van der Waals surface area contributed by atoms with E-state index >= 15 is 0 Å². The van der Waals surface area contributed by atoms with Gasteiger partial charge < -0.3 is 4.57 Å². The number of pyridine rings is 1. The number of hydrogen-bond donors (Lipinski definition) is 0. The van der Waals surface area contributed by atoms with Crippen molar-refractivity contribution in [3.8, 4) is 0 Å². The lowest BCUT2D eigenvalue weighted by atomic mass is 10.1. The molecule has 0 aliphatic heterocycles. The zero-order chi connectivity index (χ0) is 12.3. The Kier molecular flexibility index (Phi) is 3.14. The zero-order valence-electron chi connectivity index (χ0n) is 8.97. The molecule has 0 N–H and O–H groups in total. The van der Waals surface area contributed by atoms with Crippen LogP contribution in [-0.4, -0.2) is 10.4 Å². The summed E-state index contributed by atoms with van der Waals surface area (Å²) in [7, 11) is 0. The van der Waals surface area contributed by atoms with Gasteiger partial charge in [-0.1, -0.05) is 12.1 Å². The molecule has 2 aromatic rings. The number of carbonyl (C=O) groups is 1. The van der Waals surface area contributed by atoms with Crippen LogP contribution in [0.4, 0.5) is 4.39 Å². The first-order valence-electron chi connectivity index (χ1n) is 5.10. The predicted molar refractivity (Wildman–Crippen MR) is 61.4 cm³/mol. The second kappa shape index (κ2) is 4.74. The van der Waals surface area contributed by atoms with E-state index in [1.54, 1.807) is 10.6 Å². The van der Waals surface area contributed by atoms with E-state index in [0.29, 0.717) is 5.56 Å². The Morgan fingerprint density at radius 2 is 1.88 bits per heavy atom. The van der Waals surface area contributed by atoms with Gasteiger partial charge in [-0.05, 0) is 12.1 Å². The number of hydrogen-bond acceptors (Lipinski definition) is 2. The van der Waals surface area contributed by atoms with E-state index in [1.165, 1.54) is 42.7 Å². The molecule has 0 bridgehead atoms. The maximum absolute atomic E-state index is 12.9. The van der Waals surface area contributed by atoms with E-state index in [2.05, 4.69) is 0 Å². The molecule has 0 unspecified atom stereocenters. The SMILES string of the molecule is O=C(Cn1ccc(=O)cc1)c1cccc(F)c1. The van der Waals surface area contributed by atoms with Crippen molar-refractivity contribution in [1.29, 1.82) is 0 Å². The number of Topliss-reactive ketones (excluding diaryl/α,β-unsaturated/α-hetero) is 1. The van der Waals surface area contributed by atoms with Crippen LogP contribution in [0.2, 0.25) is 0 Å². The Bertz CT molecular complexity index is 584. The van der Waals surface area contributed by atoms with Gasteiger partial charge in [0.25, 0.3) is 0 Å². The minimum Gasteiger partial charge on any atom is -0.346 e. The van der Waals surface area contributed by atoms with Crippen molar-refractivity contribution in [2.24, 2.45) is 0 Å². The molecule has 86 valence electrons. The summed E-state index contributed by atoms with van der Waals surface area (Å²) in [5.41, 5.74) is 0.211. The van der Waals surface area contributed by atoms with Crippen molar-refractivity contribution in [1.82, 2.24) is 4.57 Å². The monoisotopic (exact) mass is 231 g/mol. The molecule has 4 heteroatoms. The third-order valence-corrected chi connectivity index (χ3v) is 2.33. The molecule has 3 nitrogen and oxygen atoms in total. The standard InChI is InChI=1S/C13H10FNO2/c14-11-3-1-2-10(8-11)13(17)9-15-6-4-12(16)5-7-15/h1-8H,9H2. The third kappa shape index (κ3) is 2.87. The predicted octanol–water partition coefficient (Wildman–Crippen LogP) is 1.87. The van der Waals surface area contributed by atoms with Gasteiger partial charge in [0.2, 0.25) is 0 Å². The quantitative estimate of drug-likeness (QED) is 0.756. The Labute approximate surface area is 97.1 Å². The number of benzene rings is 1. The summed E-state index contributed by atoms with van der Waals surface area (Å²) in [5.74, 6) is -0.635. The minimum atomic E-state index is -0.434. The van der Waals surface area contributed by atoms with Gasteiger partial charge in [-0.15, -0.1) is 0 Å². The fourth-order valence-corrected chi connectivity index (χ4v) is 1.47. The topological polar surface area (TPSA) is 39.1 Å². The average molecular weight is 231 g/mol. The molecule has 0 aliphatic rings. The molecule has 0 saturated carbocycles. The van der Waals surface area contributed by atoms with Gasteiger partial charge in [0.1, 0.15) is 5.82 Å². The van der Waals surface area contributed by atoms with Crippen molar-refractivity contribution < 1.29 is 9.18 Å². The number of nitrogens with zero attached hydrogens (tertiary/aromatic N) is 1. The fourth-order valence-electron chi connectivity index (χ4n) is 1.47.